The summed E-state index contributed by atoms with van der Waals surface area (Å²) in [7, 11) is 0. The topological polar surface area (TPSA) is 101 Å². The van der Waals surface area contributed by atoms with E-state index in [0.29, 0.717) is 12.8 Å². The number of carbonyl (C=O) groups excluding carboxylic acids is 3. The highest BCUT2D eigenvalue weighted by Gasteiger charge is 2.25. The zero-order chi connectivity index (χ0) is 17.4. The van der Waals surface area contributed by atoms with Crippen molar-refractivity contribution in [3.63, 3.8) is 0 Å². The number of amides is 3. The second-order valence-electron chi connectivity index (χ2n) is 6.04. The summed E-state index contributed by atoms with van der Waals surface area (Å²) >= 11 is 0. The second-order valence-corrected chi connectivity index (χ2v) is 6.04. The first kappa shape index (κ1) is 18.7. The highest BCUT2D eigenvalue weighted by Crippen LogP contribution is 2.07. The van der Waals surface area contributed by atoms with Crippen molar-refractivity contribution in [3.8, 4) is 0 Å². The minimum absolute atomic E-state index is 0.209. The van der Waals surface area contributed by atoms with Crippen LogP contribution < -0.4 is 16.4 Å². The van der Waals surface area contributed by atoms with Gasteiger partial charge >= 0.3 is 0 Å². The summed E-state index contributed by atoms with van der Waals surface area (Å²) in [6.07, 6.45) is 0.804. The van der Waals surface area contributed by atoms with Crippen LogP contribution in [-0.4, -0.2) is 29.8 Å². The third kappa shape index (κ3) is 6.95. The van der Waals surface area contributed by atoms with Crippen molar-refractivity contribution in [1.82, 2.24) is 10.6 Å². The molecule has 6 nitrogen and oxygen atoms in total. The average Bonchev–Trinajstić information content (AvgIpc) is 2.45. The molecule has 1 aromatic rings. The van der Waals surface area contributed by atoms with Gasteiger partial charge in [-0.1, -0.05) is 44.2 Å². The summed E-state index contributed by atoms with van der Waals surface area (Å²) in [5.74, 6) is -1.08. The van der Waals surface area contributed by atoms with E-state index in [0.717, 1.165) is 5.56 Å². The van der Waals surface area contributed by atoms with Crippen LogP contribution in [0.4, 0.5) is 0 Å². The van der Waals surface area contributed by atoms with E-state index in [1.165, 1.54) is 6.92 Å². The Labute approximate surface area is 136 Å². The molecule has 0 aliphatic heterocycles. The Kier molecular flexibility index (Phi) is 7.25. The third-order valence-corrected chi connectivity index (χ3v) is 3.34. The van der Waals surface area contributed by atoms with E-state index >= 15 is 0 Å². The van der Waals surface area contributed by atoms with Crippen LogP contribution >= 0.6 is 0 Å². The van der Waals surface area contributed by atoms with Crippen molar-refractivity contribution < 1.29 is 14.4 Å². The van der Waals surface area contributed by atoms with Gasteiger partial charge in [0.2, 0.25) is 17.7 Å². The van der Waals surface area contributed by atoms with Crippen LogP contribution in [0.3, 0.4) is 0 Å². The van der Waals surface area contributed by atoms with Gasteiger partial charge in [0, 0.05) is 13.3 Å². The SMILES string of the molecule is CC(=O)N[C@@H](Cc1ccccc1)C(=O)N[C@@H](CC(C)C)C(N)=O. The molecule has 23 heavy (non-hydrogen) atoms. The lowest BCUT2D eigenvalue weighted by molar-refractivity contribution is -0.131. The molecule has 0 aliphatic rings. The normalized spacial score (nSPS) is 13.2. The van der Waals surface area contributed by atoms with E-state index in [1.54, 1.807) is 0 Å². The smallest absolute Gasteiger partial charge is 0.243 e. The molecule has 2 atom stereocenters. The molecule has 1 aromatic carbocycles. The fraction of sp³-hybridized carbons (Fsp3) is 0.471. The van der Waals surface area contributed by atoms with Crippen molar-refractivity contribution >= 4 is 17.7 Å². The van der Waals surface area contributed by atoms with Gasteiger partial charge < -0.3 is 16.4 Å². The highest BCUT2D eigenvalue weighted by molar-refractivity contribution is 5.91. The van der Waals surface area contributed by atoms with Crippen molar-refractivity contribution in [2.75, 3.05) is 0 Å². The van der Waals surface area contributed by atoms with Gasteiger partial charge in [0.05, 0.1) is 0 Å². The molecule has 0 radical (unpaired) electrons. The van der Waals surface area contributed by atoms with Crippen LogP contribution in [0.1, 0.15) is 32.8 Å². The van der Waals surface area contributed by atoms with E-state index in [1.807, 2.05) is 44.2 Å². The monoisotopic (exact) mass is 319 g/mol. The highest BCUT2D eigenvalue weighted by atomic mass is 16.2. The molecule has 4 N–H and O–H groups in total. The average molecular weight is 319 g/mol. The molecule has 0 spiro atoms. The molecule has 3 amide bonds. The number of primary amides is 1. The maximum absolute atomic E-state index is 12.4. The van der Waals surface area contributed by atoms with Gasteiger partial charge in [-0.05, 0) is 17.9 Å². The zero-order valence-electron chi connectivity index (χ0n) is 13.8. The predicted octanol–water partition coefficient (Wildman–Crippen LogP) is 0.750. The number of nitrogens with one attached hydrogen (secondary N) is 2. The molecular formula is C17H25N3O3. The first-order valence-electron chi connectivity index (χ1n) is 7.70. The minimum atomic E-state index is -0.746. The van der Waals surface area contributed by atoms with Crippen LogP contribution in [0.5, 0.6) is 0 Å². The van der Waals surface area contributed by atoms with Gasteiger partial charge in [-0.15, -0.1) is 0 Å². The molecule has 126 valence electrons. The van der Waals surface area contributed by atoms with Gasteiger partial charge in [-0.3, -0.25) is 14.4 Å². The summed E-state index contributed by atoms with van der Waals surface area (Å²) in [6, 6.07) is 7.87. The quantitative estimate of drug-likeness (QED) is 0.659. The number of benzene rings is 1. The predicted molar refractivity (Wildman–Crippen MR) is 88.3 cm³/mol. The van der Waals surface area contributed by atoms with Crippen LogP contribution in [0.2, 0.25) is 0 Å². The zero-order valence-corrected chi connectivity index (χ0v) is 13.8. The summed E-state index contributed by atoms with van der Waals surface area (Å²) < 4.78 is 0. The molecule has 6 heteroatoms. The molecule has 0 fully saturated rings. The number of hydrogen-bond donors (Lipinski definition) is 3. The van der Waals surface area contributed by atoms with E-state index in [2.05, 4.69) is 10.6 Å². The van der Waals surface area contributed by atoms with Gasteiger partial charge in [-0.2, -0.15) is 0 Å². The van der Waals surface area contributed by atoms with E-state index < -0.39 is 23.9 Å². The number of hydrogen-bond acceptors (Lipinski definition) is 3. The van der Waals surface area contributed by atoms with Gasteiger partial charge in [0.25, 0.3) is 0 Å². The summed E-state index contributed by atoms with van der Waals surface area (Å²) in [4.78, 5) is 35.3. The van der Waals surface area contributed by atoms with Crippen LogP contribution in [0.25, 0.3) is 0 Å². The standard InChI is InChI=1S/C17H25N3O3/c1-11(2)9-14(16(18)22)20-17(23)15(19-12(3)21)10-13-7-5-4-6-8-13/h4-8,11,14-15H,9-10H2,1-3H3,(H2,18,22)(H,19,21)(H,20,23)/t14-,15-/m0/s1. The molecule has 0 saturated carbocycles. The lowest BCUT2D eigenvalue weighted by Crippen LogP contribution is -2.53. The largest absolute Gasteiger partial charge is 0.368 e. The van der Waals surface area contributed by atoms with Crippen molar-refractivity contribution in [1.29, 1.82) is 0 Å². The molecular weight excluding hydrogens is 294 g/mol. The Bertz CT molecular complexity index is 543. The van der Waals surface area contributed by atoms with Crippen molar-refractivity contribution in [2.45, 2.75) is 45.7 Å². The van der Waals surface area contributed by atoms with Gasteiger partial charge in [0.1, 0.15) is 12.1 Å². The number of rotatable bonds is 8. The number of nitrogens with two attached hydrogens (primary N) is 1. The Morgan fingerprint density at radius 2 is 1.65 bits per heavy atom. The molecule has 0 unspecified atom stereocenters. The maximum atomic E-state index is 12.4. The summed E-state index contributed by atoms with van der Waals surface area (Å²) in [5, 5.41) is 5.27. The number of carbonyl (C=O) groups is 3. The Balaban J connectivity index is 2.82. The Morgan fingerprint density at radius 3 is 2.13 bits per heavy atom. The minimum Gasteiger partial charge on any atom is -0.368 e. The second kappa shape index (κ2) is 8.92. The van der Waals surface area contributed by atoms with Crippen LogP contribution in [-0.2, 0) is 20.8 Å². The van der Waals surface area contributed by atoms with Gasteiger partial charge in [-0.25, -0.2) is 0 Å². The van der Waals surface area contributed by atoms with E-state index in [9.17, 15) is 14.4 Å². The molecule has 0 aliphatic carbocycles. The van der Waals surface area contributed by atoms with Crippen LogP contribution in [0.15, 0.2) is 30.3 Å². The van der Waals surface area contributed by atoms with Crippen molar-refractivity contribution in [3.05, 3.63) is 35.9 Å². The third-order valence-electron chi connectivity index (χ3n) is 3.34. The fourth-order valence-electron chi connectivity index (χ4n) is 2.29. The summed E-state index contributed by atoms with van der Waals surface area (Å²) in [6.45, 7) is 5.24. The Morgan fingerprint density at radius 1 is 1.04 bits per heavy atom. The molecule has 0 aromatic heterocycles. The first-order valence-corrected chi connectivity index (χ1v) is 7.70. The van der Waals surface area contributed by atoms with Crippen molar-refractivity contribution in [2.24, 2.45) is 11.7 Å². The Hall–Kier alpha value is -2.37. The lowest BCUT2D eigenvalue weighted by Gasteiger charge is -2.22. The molecule has 0 bridgehead atoms. The van der Waals surface area contributed by atoms with E-state index in [-0.39, 0.29) is 11.8 Å². The molecule has 1 rings (SSSR count). The maximum Gasteiger partial charge on any atom is 0.243 e. The molecule has 0 saturated heterocycles. The fourth-order valence-corrected chi connectivity index (χ4v) is 2.29. The lowest BCUT2D eigenvalue weighted by atomic mass is 10.0. The van der Waals surface area contributed by atoms with Gasteiger partial charge in [0.15, 0.2) is 0 Å². The molecule has 0 heterocycles. The van der Waals surface area contributed by atoms with E-state index in [4.69, 9.17) is 5.73 Å². The van der Waals surface area contributed by atoms with Crippen LogP contribution in [0, 0.1) is 5.92 Å². The summed E-state index contributed by atoms with van der Waals surface area (Å²) in [5.41, 5.74) is 6.26. The first-order chi connectivity index (χ1) is 10.8.